The molecule has 102 valence electrons. The van der Waals surface area contributed by atoms with Crippen LogP contribution in [0.4, 0.5) is 4.39 Å². The van der Waals surface area contributed by atoms with Gasteiger partial charge in [-0.1, -0.05) is 24.6 Å². The van der Waals surface area contributed by atoms with Crippen LogP contribution < -0.4 is 11.1 Å². The number of aliphatic hydroxyl groups is 1. The van der Waals surface area contributed by atoms with Gasteiger partial charge in [-0.15, -0.1) is 0 Å². The third-order valence-corrected chi connectivity index (χ3v) is 3.22. The van der Waals surface area contributed by atoms with Crippen LogP contribution in [0.15, 0.2) is 18.2 Å². The van der Waals surface area contributed by atoms with Gasteiger partial charge in [-0.25, -0.2) is 4.39 Å². The van der Waals surface area contributed by atoms with Gasteiger partial charge in [0.15, 0.2) is 0 Å². The third-order valence-electron chi connectivity index (χ3n) is 2.98. The van der Waals surface area contributed by atoms with Crippen molar-refractivity contribution in [3.63, 3.8) is 0 Å². The van der Waals surface area contributed by atoms with Crippen molar-refractivity contribution in [3.05, 3.63) is 34.6 Å². The molecular formula is C13H20ClFN2O. The number of nitrogens with two attached hydrogens (primary N) is 1. The van der Waals surface area contributed by atoms with E-state index in [-0.39, 0.29) is 24.5 Å². The Kier molecular flexibility index (Phi) is 6.57. The fraction of sp³-hybridized carbons (Fsp3) is 0.538. The molecule has 1 rings (SSSR count). The minimum atomic E-state index is -0.357. The van der Waals surface area contributed by atoms with Crippen LogP contribution in [0.1, 0.15) is 31.4 Å². The molecule has 0 saturated heterocycles. The molecule has 0 fully saturated rings. The number of nitrogens with one attached hydrogen (secondary N) is 1. The van der Waals surface area contributed by atoms with Crippen molar-refractivity contribution < 1.29 is 9.50 Å². The van der Waals surface area contributed by atoms with E-state index in [0.717, 1.165) is 6.42 Å². The number of benzene rings is 1. The summed E-state index contributed by atoms with van der Waals surface area (Å²) in [5.74, 6) is -0.357. The molecule has 1 aromatic carbocycles. The maximum atomic E-state index is 13.8. The van der Waals surface area contributed by atoms with Crippen molar-refractivity contribution in [2.45, 2.75) is 31.8 Å². The van der Waals surface area contributed by atoms with Crippen LogP contribution in [0.3, 0.4) is 0 Å². The van der Waals surface area contributed by atoms with Gasteiger partial charge >= 0.3 is 0 Å². The second-order valence-electron chi connectivity index (χ2n) is 4.24. The Morgan fingerprint density at radius 3 is 2.72 bits per heavy atom. The van der Waals surface area contributed by atoms with Crippen LogP contribution in [0.5, 0.6) is 0 Å². The largest absolute Gasteiger partial charge is 0.396 e. The van der Waals surface area contributed by atoms with E-state index >= 15 is 0 Å². The average Bonchev–Trinajstić information content (AvgIpc) is 2.35. The van der Waals surface area contributed by atoms with E-state index in [2.05, 4.69) is 5.32 Å². The molecule has 2 unspecified atom stereocenters. The molecule has 0 bridgehead atoms. The monoisotopic (exact) mass is 274 g/mol. The maximum Gasteiger partial charge on any atom is 0.129 e. The average molecular weight is 275 g/mol. The molecule has 4 N–H and O–H groups in total. The van der Waals surface area contributed by atoms with Gasteiger partial charge in [0.1, 0.15) is 5.82 Å². The second-order valence-corrected chi connectivity index (χ2v) is 4.67. The summed E-state index contributed by atoms with van der Waals surface area (Å²) in [6.07, 6.45) is 1.48. The van der Waals surface area contributed by atoms with E-state index in [1.165, 1.54) is 6.07 Å². The highest BCUT2D eigenvalue weighted by molar-refractivity contribution is 6.30. The number of rotatable bonds is 7. The molecule has 0 radical (unpaired) electrons. The molecule has 0 amide bonds. The van der Waals surface area contributed by atoms with E-state index in [4.69, 9.17) is 22.4 Å². The van der Waals surface area contributed by atoms with Gasteiger partial charge in [-0.3, -0.25) is 0 Å². The maximum absolute atomic E-state index is 13.8. The van der Waals surface area contributed by atoms with Gasteiger partial charge in [0.25, 0.3) is 0 Å². The number of hydrogen-bond acceptors (Lipinski definition) is 3. The van der Waals surface area contributed by atoms with E-state index in [1.807, 2.05) is 6.92 Å². The number of aliphatic hydroxyl groups excluding tert-OH is 1. The van der Waals surface area contributed by atoms with E-state index < -0.39 is 0 Å². The van der Waals surface area contributed by atoms with Crippen molar-refractivity contribution in [3.8, 4) is 0 Å². The van der Waals surface area contributed by atoms with Crippen LogP contribution in [0, 0.1) is 5.82 Å². The Morgan fingerprint density at radius 1 is 1.50 bits per heavy atom. The molecule has 0 heterocycles. The first-order valence-corrected chi connectivity index (χ1v) is 6.52. The topological polar surface area (TPSA) is 58.3 Å². The summed E-state index contributed by atoms with van der Waals surface area (Å²) in [6, 6.07) is 4.44. The predicted octanol–water partition coefficient (Wildman–Crippen LogP) is 2.23. The lowest BCUT2D eigenvalue weighted by atomic mass is 10.0. The van der Waals surface area contributed by atoms with Crippen molar-refractivity contribution in [1.82, 2.24) is 5.32 Å². The van der Waals surface area contributed by atoms with Crippen LogP contribution in [0.2, 0.25) is 5.02 Å². The Morgan fingerprint density at radius 2 is 2.22 bits per heavy atom. The van der Waals surface area contributed by atoms with E-state index in [0.29, 0.717) is 23.6 Å². The first kappa shape index (κ1) is 15.4. The summed E-state index contributed by atoms with van der Waals surface area (Å²) < 4.78 is 13.8. The molecule has 0 aliphatic heterocycles. The van der Waals surface area contributed by atoms with Gasteiger partial charge in [-0.2, -0.15) is 0 Å². The van der Waals surface area contributed by atoms with Crippen LogP contribution in [0.25, 0.3) is 0 Å². The van der Waals surface area contributed by atoms with Crippen molar-refractivity contribution in [1.29, 1.82) is 0 Å². The molecule has 2 atom stereocenters. The molecule has 1 aromatic rings. The van der Waals surface area contributed by atoms with Crippen LogP contribution in [-0.2, 0) is 0 Å². The number of hydrogen-bond donors (Lipinski definition) is 3. The quantitative estimate of drug-likeness (QED) is 0.715. The van der Waals surface area contributed by atoms with Gasteiger partial charge in [0.05, 0.1) is 0 Å². The molecule has 0 aliphatic carbocycles. The Bertz CT molecular complexity index is 376. The molecule has 0 aromatic heterocycles. The lowest BCUT2D eigenvalue weighted by molar-refractivity contribution is 0.255. The van der Waals surface area contributed by atoms with Gasteiger partial charge in [0, 0.05) is 35.8 Å². The highest BCUT2D eigenvalue weighted by Gasteiger charge is 2.17. The molecule has 5 heteroatoms. The summed E-state index contributed by atoms with van der Waals surface area (Å²) in [5, 5.41) is 12.6. The van der Waals surface area contributed by atoms with Crippen molar-refractivity contribution in [2.75, 3.05) is 13.2 Å². The summed E-state index contributed by atoms with van der Waals surface area (Å²) in [5.41, 5.74) is 6.20. The SMILES string of the molecule is CCC(CCO)NC(CN)c1ccc(Cl)cc1F. The first-order chi connectivity index (χ1) is 8.62. The molecule has 0 saturated carbocycles. The van der Waals surface area contributed by atoms with E-state index in [9.17, 15) is 4.39 Å². The normalized spacial score (nSPS) is 14.5. The summed E-state index contributed by atoms with van der Waals surface area (Å²) in [6.45, 7) is 2.41. The third kappa shape index (κ3) is 4.21. The Balaban J connectivity index is 2.81. The zero-order chi connectivity index (χ0) is 13.5. The molecule has 0 aliphatic rings. The summed E-state index contributed by atoms with van der Waals surface area (Å²) >= 11 is 5.72. The molecule has 3 nitrogen and oxygen atoms in total. The minimum absolute atomic E-state index is 0.103. The Hall–Kier alpha value is -0.680. The van der Waals surface area contributed by atoms with E-state index in [1.54, 1.807) is 12.1 Å². The predicted molar refractivity (Wildman–Crippen MR) is 72.1 cm³/mol. The highest BCUT2D eigenvalue weighted by atomic mass is 35.5. The Labute approximate surface area is 112 Å². The standard InChI is InChI=1S/C13H20ClFN2O/c1-2-10(5-6-18)17-13(8-16)11-4-3-9(14)7-12(11)15/h3-4,7,10,13,17-18H,2,5-6,8,16H2,1H3. The lowest BCUT2D eigenvalue weighted by Gasteiger charge is -2.24. The second kappa shape index (κ2) is 7.69. The van der Waals surface area contributed by atoms with Gasteiger partial charge in [0.2, 0.25) is 0 Å². The molecule has 18 heavy (non-hydrogen) atoms. The summed E-state index contributed by atoms with van der Waals surface area (Å²) in [7, 11) is 0. The molecular weight excluding hydrogens is 255 g/mol. The molecule has 0 spiro atoms. The van der Waals surface area contributed by atoms with Crippen molar-refractivity contribution >= 4 is 11.6 Å². The fourth-order valence-corrected chi connectivity index (χ4v) is 2.07. The highest BCUT2D eigenvalue weighted by Crippen LogP contribution is 2.21. The van der Waals surface area contributed by atoms with Crippen molar-refractivity contribution in [2.24, 2.45) is 5.73 Å². The summed E-state index contributed by atoms with van der Waals surface area (Å²) in [4.78, 5) is 0. The fourth-order valence-electron chi connectivity index (χ4n) is 1.91. The first-order valence-electron chi connectivity index (χ1n) is 6.14. The zero-order valence-electron chi connectivity index (χ0n) is 10.5. The zero-order valence-corrected chi connectivity index (χ0v) is 11.3. The van der Waals surface area contributed by atoms with Gasteiger partial charge in [-0.05, 0) is 25.0 Å². The lowest BCUT2D eigenvalue weighted by Crippen LogP contribution is -2.37. The van der Waals surface area contributed by atoms with Crippen LogP contribution in [-0.4, -0.2) is 24.3 Å². The minimum Gasteiger partial charge on any atom is -0.396 e. The van der Waals surface area contributed by atoms with Gasteiger partial charge < -0.3 is 16.2 Å². The number of halogens is 2. The van der Waals surface area contributed by atoms with Crippen LogP contribution >= 0.6 is 11.6 Å². The smallest absolute Gasteiger partial charge is 0.129 e.